The first-order chi connectivity index (χ1) is 13.8. The third-order valence-corrected chi connectivity index (χ3v) is 5.80. The molecule has 9 nitrogen and oxygen atoms in total. The van der Waals surface area contributed by atoms with E-state index in [4.69, 9.17) is 14.6 Å². The topological polar surface area (TPSA) is 117 Å². The number of sulfonamides is 1. The minimum Gasteiger partial charge on any atom is -0.475 e. The summed E-state index contributed by atoms with van der Waals surface area (Å²) in [5, 5.41) is 7.12. The molecule has 0 saturated carbocycles. The molecule has 1 N–H and O–H groups in total. The van der Waals surface area contributed by atoms with Crippen LogP contribution in [0.25, 0.3) is 0 Å². The molecular weight excluding hydrogens is 438 g/mol. The van der Waals surface area contributed by atoms with E-state index in [0.717, 1.165) is 12.5 Å². The minimum atomic E-state index is -5.08. The minimum absolute atomic E-state index is 0.0546. The molecular formula is C16H19F4N3O6S. The number of carbonyl (C=O) groups is 2. The van der Waals surface area contributed by atoms with Crippen molar-refractivity contribution in [3.8, 4) is 0 Å². The Kier molecular flexibility index (Phi) is 7.36. The zero-order valence-corrected chi connectivity index (χ0v) is 16.5. The van der Waals surface area contributed by atoms with Crippen LogP contribution in [0.5, 0.6) is 0 Å². The Hall–Kier alpha value is -2.32. The number of carbonyl (C=O) groups excluding carboxylic acids is 1. The predicted molar refractivity (Wildman–Crippen MR) is 93.5 cm³/mol. The standard InChI is InChI=1S/C14H18FN3O4S.C2HF3O2/c1-23(20,21)18-6-7-22-13-3-5-17(9-12(13)18)14(19)10-2-4-16-8-11(10)15;3-2(4,5)1(6)7/h2,4,8,12-13H,3,5-7,9H2,1H3;(H,6,7)/t12-,13-;/m0./s1. The molecule has 0 aliphatic carbocycles. The first-order valence-electron chi connectivity index (χ1n) is 8.59. The van der Waals surface area contributed by atoms with Gasteiger partial charge in [-0.1, -0.05) is 0 Å². The second-order valence-electron chi connectivity index (χ2n) is 6.55. The molecule has 2 aliphatic rings. The van der Waals surface area contributed by atoms with E-state index in [9.17, 15) is 30.8 Å². The van der Waals surface area contributed by atoms with Gasteiger partial charge in [-0.2, -0.15) is 17.5 Å². The summed E-state index contributed by atoms with van der Waals surface area (Å²) < 4.78 is 76.4. The Morgan fingerprint density at radius 2 is 1.93 bits per heavy atom. The van der Waals surface area contributed by atoms with E-state index < -0.39 is 39.9 Å². The van der Waals surface area contributed by atoms with E-state index in [1.54, 1.807) is 0 Å². The summed E-state index contributed by atoms with van der Waals surface area (Å²) in [6.45, 7) is 1.21. The van der Waals surface area contributed by atoms with Crippen molar-refractivity contribution in [2.45, 2.75) is 24.7 Å². The van der Waals surface area contributed by atoms with E-state index in [1.807, 2.05) is 0 Å². The van der Waals surface area contributed by atoms with Crippen molar-refractivity contribution < 1.29 is 45.4 Å². The zero-order valence-electron chi connectivity index (χ0n) is 15.7. The van der Waals surface area contributed by atoms with Gasteiger partial charge < -0.3 is 14.7 Å². The van der Waals surface area contributed by atoms with Gasteiger partial charge in [-0.25, -0.2) is 17.6 Å². The Morgan fingerprint density at radius 1 is 1.30 bits per heavy atom. The molecule has 0 unspecified atom stereocenters. The van der Waals surface area contributed by atoms with Crippen LogP contribution in [-0.4, -0.2) is 90.4 Å². The molecule has 1 aromatic heterocycles. The van der Waals surface area contributed by atoms with Gasteiger partial charge in [0, 0.05) is 25.8 Å². The average Bonchev–Trinajstić information content (AvgIpc) is 2.66. The monoisotopic (exact) mass is 457 g/mol. The van der Waals surface area contributed by atoms with Crippen molar-refractivity contribution in [3.63, 3.8) is 0 Å². The van der Waals surface area contributed by atoms with Crippen LogP contribution in [-0.2, 0) is 19.6 Å². The molecule has 0 bridgehead atoms. The molecule has 2 saturated heterocycles. The smallest absolute Gasteiger partial charge is 0.475 e. The van der Waals surface area contributed by atoms with Crippen LogP contribution in [0.4, 0.5) is 17.6 Å². The number of piperidine rings is 1. The van der Waals surface area contributed by atoms with Crippen molar-refractivity contribution in [2.24, 2.45) is 0 Å². The Labute approximate surface area is 169 Å². The number of amides is 1. The third kappa shape index (κ3) is 5.86. The lowest BCUT2D eigenvalue weighted by Gasteiger charge is -2.45. The normalized spacial score (nSPS) is 22.5. The third-order valence-electron chi connectivity index (χ3n) is 4.49. The summed E-state index contributed by atoms with van der Waals surface area (Å²) in [6, 6.07) is 0.900. The van der Waals surface area contributed by atoms with Crippen molar-refractivity contribution in [1.82, 2.24) is 14.2 Å². The summed E-state index contributed by atoms with van der Waals surface area (Å²) in [5.74, 6) is -3.89. The van der Waals surface area contributed by atoms with Crippen LogP contribution in [0.15, 0.2) is 18.5 Å². The molecule has 14 heteroatoms. The number of nitrogens with zero attached hydrogens (tertiary/aromatic N) is 3. The highest BCUT2D eigenvalue weighted by molar-refractivity contribution is 7.88. The van der Waals surface area contributed by atoms with Crippen LogP contribution in [0.2, 0.25) is 0 Å². The first-order valence-corrected chi connectivity index (χ1v) is 10.4. The SMILES string of the molecule is CS(=O)(=O)N1CCO[C@H]2CCN(C(=O)c3ccncc3F)C[C@@H]21.O=C(O)C(F)(F)F. The van der Waals surface area contributed by atoms with Gasteiger partial charge in [0.25, 0.3) is 5.91 Å². The van der Waals surface area contributed by atoms with Gasteiger partial charge in [-0.15, -0.1) is 0 Å². The number of hydrogen-bond donors (Lipinski definition) is 1. The molecule has 3 heterocycles. The van der Waals surface area contributed by atoms with Crippen LogP contribution < -0.4 is 0 Å². The highest BCUT2D eigenvalue weighted by atomic mass is 32.2. The van der Waals surface area contributed by atoms with Crippen molar-refractivity contribution in [1.29, 1.82) is 0 Å². The van der Waals surface area contributed by atoms with E-state index in [1.165, 1.54) is 21.5 Å². The second kappa shape index (κ2) is 9.22. The fourth-order valence-corrected chi connectivity index (χ4v) is 4.26. The number of aromatic nitrogens is 1. The number of carboxylic acids is 1. The van der Waals surface area contributed by atoms with Gasteiger partial charge in [0.1, 0.15) is 0 Å². The number of rotatable bonds is 2. The van der Waals surface area contributed by atoms with Crippen molar-refractivity contribution in [2.75, 3.05) is 32.5 Å². The molecule has 2 atom stereocenters. The van der Waals surface area contributed by atoms with Crippen LogP contribution in [0.1, 0.15) is 16.8 Å². The molecule has 1 aromatic rings. The van der Waals surface area contributed by atoms with E-state index in [2.05, 4.69) is 4.98 Å². The summed E-state index contributed by atoms with van der Waals surface area (Å²) in [7, 11) is -3.39. The molecule has 0 radical (unpaired) electrons. The van der Waals surface area contributed by atoms with Gasteiger partial charge >= 0.3 is 12.1 Å². The number of ether oxygens (including phenoxy) is 1. The molecule has 30 heavy (non-hydrogen) atoms. The number of carboxylic acid groups (broad SMARTS) is 1. The fraction of sp³-hybridized carbons (Fsp3) is 0.562. The summed E-state index contributed by atoms with van der Waals surface area (Å²) in [4.78, 5) is 26.5. The number of fused-ring (bicyclic) bond motifs is 1. The maximum atomic E-state index is 13.8. The van der Waals surface area contributed by atoms with Gasteiger partial charge in [0.15, 0.2) is 5.82 Å². The van der Waals surface area contributed by atoms with Gasteiger partial charge in [-0.05, 0) is 12.5 Å². The van der Waals surface area contributed by atoms with Crippen LogP contribution in [0, 0.1) is 5.82 Å². The van der Waals surface area contributed by atoms with E-state index in [-0.39, 0.29) is 24.8 Å². The van der Waals surface area contributed by atoms with Gasteiger partial charge in [0.05, 0.1) is 36.8 Å². The molecule has 2 aliphatic heterocycles. The van der Waals surface area contributed by atoms with Gasteiger partial charge in [-0.3, -0.25) is 9.78 Å². The van der Waals surface area contributed by atoms with E-state index >= 15 is 0 Å². The molecule has 3 rings (SSSR count). The lowest BCUT2D eigenvalue weighted by Crippen LogP contribution is -2.61. The van der Waals surface area contributed by atoms with Crippen LogP contribution >= 0.6 is 0 Å². The number of aliphatic carboxylic acids is 1. The fourth-order valence-electron chi connectivity index (χ4n) is 3.16. The molecule has 168 valence electrons. The number of hydrogen-bond acceptors (Lipinski definition) is 6. The number of morpholine rings is 1. The van der Waals surface area contributed by atoms with Crippen molar-refractivity contribution in [3.05, 3.63) is 29.8 Å². The molecule has 0 spiro atoms. The summed E-state index contributed by atoms with van der Waals surface area (Å²) in [6.07, 6.45) is -1.29. The van der Waals surface area contributed by atoms with Crippen molar-refractivity contribution >= 4 is 21.9 Å². The Balaban J connectivity index is 0.000000396. The van der Waals surface area contributed by atoms with Gasteiger partial charge in [0.2, 0.25) is 10.0 Å². The highest BCUT2D eigenvalue weighted by Gasteiger charge is 2.42. The average molecular weight is 457 g/mol. The number of likely N-dealkylation sites (tertiary alicyclic amines) is 1. The molecule has 0 aromatic carbocycles. The predicted octanol–water partition coefficient (Wildman–Crippen LogP) is 0.729. The Bertz CT molecular complexity index is 895. The lowest BCUT2D eigenvalue weighted by atomic mass is 10.00. The lowest BCUT2D eigenvalue weighted by molar-refractivity contribution is -0.192. The first kappa shape index (κ1) is 24.0. The quantitative estimate of drug-likeness (QED) is 0.651. The maximum Gasteiger partial charge on any atom is 0.490 e. The summed E-state index contributed by atoms with van der Waals surface area (Å²) in [5.41, 5.74) is -0.0546. The van der Waals surface area contributed by atoms with Crippen LogP contribution in [0.3, 0.4) is 0 Å². The highest BCUT2D eigenvalue weighted by Crippen LogP contribution is 2.26. The maximum absolute atomic E-state index is 13.8. The Morgan fingerprint density at radius 3 is 2.47 bits per heavy atom. The second-order valence-corrected chi connectivity index (χ2v) is 8.48. The number of halogens is 4. The zero-order chi connectivity index (χ0) is 22.7. The molecule has 2 fully saturated rings. The molecule has 1 amide bonds. The number of alkyl halides is 3. The van der Waals surface area contributed by atoms with E-state index in [0.29, 0.717) is 19.6 Å². The number of pyridine rings is 1. The summed E-state index contributed by atoms with van der Waals surface area (Å²) >= 11 is 0. The largest absolute Gasteiger partial charge is 0.490 e.